The molecule has 9 nitrogen and oxygen atoms in total. The van der Waals surface area contributed by atoms with E-state index in [1.54, 1.807) is 53.2 Å². The predicted molar refractivity (Wildman–Crippen MR) is 100.0 cm³/mol. The maximum Gasteiger partial charge on any atom is 0.321 e. The zero-order valence-electron chi connectivity index (χ0n) is 15.7. The van der Waals surface area contributed by atoms with E-state index >= 15 is 0 Å². The van der Waals surface area contributed by atoms with Crippen LogP contribution in [-0.2, 0) is 4.79 Å². The lowest BCUT2D eigenvalue weighted by molar-refractivity contribution is -0.119. The molecule has 2 rings (SSSR count). The highest BCUT2D eigenvalue weighted by Gasteiger charge is 2.21. The molecule has 0 aliphatic heterocycles. The highest BCUT2D eigenvalue weighted by molar-refractivity contribution is 8.00. The van der Waals surface area contributed by atoms with Gasteiger partial charge in [-0.15, -0.1) is 10.2 Å². The number of aromatic nitrogens is 2. The second kappa shape index (κ2) is 9.26. The van der Waals surface area contributed by atoms with Gasteiger partial charge in [0.25, 0.3) is 5.22 Å². The molecule has 1 aromatic carbocycles. The first-order chi connectivity index (χ1) is 12.8. The van der Waals surface area contributed by atoms with Gasteiger partial charge < -0.3 is 19.2 Å². The van der Waals surface area contributed by atoms with Crippen molar-refractivity contribution in [3.8, 4) is 23.0 Å². The van der Waals surface area contributed by atoms with Gasteiger partial charge in [0, 0.05) is 17.7 Å². The van der Waals surface area contributed by atoms with E-state index in [9.17, 15) is 9.59 Å². The summed E-state index contributed by atoms with van der Waals surface area (Å²) in [5, 5.41) is 12.4. The Balaban J connectivity index is 2.05. The second-order valence-corrected chi connectivity index (χ2v) is 7.14. The van der Waals surface area contributed by atoms with E-state index in [2.05, 4.69) is 20.8 Å². The third-order valence-corrected chi connectivity index (χ3v) is 4.24. The zero-order chi connectivity index (χ0) is 20.0. The lowest BCUT2D eigenvalue weighted by Crippen LogP contribution is -2.45. The lowest BCUT2D eigenvalue weighted by Gasteiger charge is -2.11. The SMILES string of the molecule is COc1cc(OC)cc(-c2nnc(S[C@@H](C)C(=O)NC(=O)NC(C)C)o2)c1. The molecule has 2 N–H and O–H groups in total. The Morgan fingerprint density at radius 2 is 1.70 bits per heavy atom. The Labute approximate surface area is 161 Å². The third kappa shape index (κ3) is 5.88. The van der Waals surface area contributed by atoms with Crippen LogP contribution >= 0.6 is 11.8 Å². The Morgan fingerprint density at radius 3 is 2.26 bits per heavy atom. The van der Waals surface area contributed by atoms with Crippen LogP contribution in [0, 0.1) is 0 Å². The highest BCUT2D eigenvalue weighted by Crippen LogP contribution is 2.31. The van der Waals surface area contributed by atoms with Gasteiger partial charge in [-0.25, -0.2) is 4.79 Å². The van der Waals surface area contributed by atoms with Crippen LogP contribution in [0.4, 0.5) is 4.79 Å². The van der Waals surface area contributed by atoms with E-state index < -0.39 is 17.2 Å². The van der Waals surface area contributed by atoms with Gasteiger partial charge in [-0.05, 0) is 32.9 Å². The molecule has 0 saturated carbocycles. The van der Waals surface area contributed by atoms with Crippen molar-refractivity contribution >= 4 is 23.7 Å². The largest absolute Gasteiger partial charge is 0.497 e. The summed E-state index contributed by atoms with van der Waals surface area (Å²) >= 11 is 1.05. The van der Waals surface area contributed by atoms with E-state index in [4.69, 9.17) is 13.9 Å². The number of rotatable bonds is 7. The average molecular weight is 394 g/mol. The van der Waals surface area contributed by atoms with Gasteiger partial charge in [-0.3, -0.25) is 10.1 Å². The smallest absolute Gasteiger partial charge is 0.321 e. The maximum atomic E-state index is 12.1. The number of benzene rings is 1. The van der Waals surface area contributed by atoms with Crippen LogP contribution in [0.2, 0.25) is 0 Å². The van der Waals surface area contributed by atoms with Crippen molar-refractivity contribution in [2.45, 2.75) is 37.3 Å². The Kier molecular flexibility index (Phi) is 7.05. The van der Waals surface area contributed by atoms with Crippen molar-refractivity contribution in [2.24, 2.45) is 0 Å². The third-order valence-electron chi connectivity index (χ3n) is 3.31. The fraction of sp³-hybridized carbons (Fsp3) is 0.412. The van der Waals surface area contributed by atoms with Crippen molar-refractivity contribution in [1.82, 2.24) is 20.8 Å². The molecule has 0 aliphatic rings. The monoisotopic (exact) mass is 394 g/mol. The first kappa shape index (κ1) is 20.6. The maximum absolute atomic E-state index is 12.1. The van der Waals surface area contributed by atoms with Gasteiger partial charge in [0.15, 0.2) is 0 Å². The van der Waals surface area contributed by atoms with Crippen molar-refractivity contribution in [3.63, 3.8) is 0 Å². The fourth-order valence-electron chi connectivity index (χ4n) is 2.02. The van der Waals surface area contributed by atoms with E-state index in [0.717, 1.165) is 11.8 Å². The predicted octanol–water partition coefficient (Wildman–Crippen LogP) is 2.47. The van der Waals surface area contributed by atoms with Gasteiger partial charge in [0.2, 0.25) is 11.8 Å². The summed E-state index contributed by atoms with van der Waals surface area (Å²) in [7, 11) is 3.09. The Bertz CT molecular complexity index is 786. The zero-order valence-corrected chi connectivity index (χ0v) is 16.5. The molecule has 0 fully saturated rings. The molecular formula is C17H22N4O5S. The van der Waals surface area contributed by atoms with Gasteiger partial charge in [0.05, 0.1) is 19.5 Å². The highest BCUT2D eigenvalue weighted by atomic mass is 32.2. The van der Waals surface area contributed by atoms with Crippen LogP contribution in [0.1, 0.15) is 20.8 Å². The van der Waals surface area contributed by atoms with Crippen molar-refractivity contribution in [3.05, 3.63) is 18.2 Å². The van der Waals surface area contributed by atoms with Gasteiger partial charge in [-0.1, -0.05) is 11.8 Å². The summed E-state index contributed by atoms with van der Waals surface area (Å²) in [6, 6.07) is 4.58. The molecule has 1 aromatic heterocycles. The number of nitrogens with zero attached hydrogens (tertiary/aromatic N) is 2. The van der Waals surface area contributed by atoms with Crippen LogP contribution in [0.3, 0.4) is 0 Å². The number of imide groups is 1. The molecule has 0 aliphatic carbocycles. The number of amides is 3. The molecule has 1 heterocycles. The molecule has 0 bridgehead atoms. The number of carbonyl (C=O) groups is 2. The number of hydrogen-bond donors (Lipinski definition) is 2. The lowest BCUT2D eigenvalue weighted by atomic mass is 10.2. The normalized spacial score (nSPS) is 11.8. The van der Waals surface area contributed by atoms with Crippen LogP contribution in [0.25, 0.3) is 11.5 Å². The minimum Gasteiger partial charge on any atom is -0.497 e. The number of thioether (sulfide) groups is 1. The number of urea groups is 1. The topological polar surface area (TPSA) is 116 Å². The van der Waals surface area contributed by atoms with Gasteiger partial charge in [0.1, 0.15) is 11.5 Å². The van der Waals surface area contributed by atoms with E-state index in [1.807, 2.05) is 0 Å². The van der Waals surface area contributed by atoms with Crippen LogP contribution in [-0.4, -0.2) is 47.6 Å². The summed E-state index contributed by atoms with van der Waals surface area (Å²) in [5.41, 5.74) is 0.624. The molecule has 0 spiro atoms. The van der Waals surface area contributed by atoms with Crippen molar-refractivity contribution in [2.75, 3.05) is 14.2 Å². The summed E-state index contributed by atoms with van der Waals surface area (Å²) in [4.78, 5) is 23.7. The minimum atomic E-state index is -0.601. The molecule has 27 heavy (non-hydrogen) atoms. The van der Waals surface area contributed by atoms with Crippen LogP contribution < -0.4 is 20.1 Å². The van der Waals surface area contributed by atoms with Crippen molar-refractivity contribution in [1.29, 1.82) is 0 Å². The van der Waals surface area contributed by atoms with Gasteiger partial charge >= 0.3 is 6.03 Å². The second-order valence-electron chi connectivity index (χ2n) is 5.85. The summed E-state index contributed by atoms with van der Waals surface area (Å²) in [6.45, 7) is 5.24. The fourth-order valence-corrected chi connectivity index (χ4v) is 2.70. The van der Waals surface area contributed by atoms with Gasteiger partial charge in [-0.2, -0.15) is 0 Å². The molecule has 0 radical (unpaired) electrons. The number of nitrogens with one attached hydrogen (secondary N) is 2. The van der Waals surface area contributed by atoms with Crippen LogP contribution in [0.15, 0.2) is 27.8 Å². The molecular weight excluding hydrogens is 372 g/mol. The molecule has 2 aromatic rings. The van der Waals surface area contributed by atoms with E-state index in [1.165, 1.54) is 0 Å². The molecule has 3 amide bonds. The number of hydrogen-bond acceptors (Lipinski definition) is 8. The minimum absolute atomic E-state index is 0.0703. The standard InChI is InChI=1S/C17H22N4O5S/c1-9(2)18-16(23)19-14(22)10(3)27-17-21-20-15(26-17)11-6-12(24-4)8-13(7-11)25-5/h6-10H,1-5H3,(H2,18,19,22,23)/t10-/m0/s1. The van der Waals surface area contributed by atoms with E-state index in [-0.39, 0.29) is 17.2 Å². The first-order valence-corrected chi connectivity index (χ1v) is 9.05. The summed E-state index contributed by atoms with van der Waals surface area (Å²) < 4.78 is 16.0. The Morgan fingerprint density at radius 1 is 1.07 bits per heavy atom. The van der Waals surface area contributed by atoms with Crippen molar-refractivity contribution < 1.29 is 23.5 Å². The average Bonchev–Trinajstić information content (AvgIpc) is 3.08. The quantitative estimate of drug-likeness (QED) is 0.688. The first-order valence-electron chi connectivity index (χ1n) is 8.17. The molecule has 146 valence electrons. The van der Waals surface area contributed by atoms with Crippen LogP contribution in [0.5, 0.6) is 11.5 Å². The molecule has 0 unspecified atom stereocenters. The van der Waals surface area contributed by atoms with E-state index in [0.29, 0.717) is 17.1 Å². The summed E-state index contributed by atoms with van der Waals surface area (Å²) in [6.07, 6.45) is 0. The molecule has 1 atom stereocenters. The number of carbonyl (C=O) groups excluding carboxylic acids is 2. The Hall–Kier alpha value is -2.75. The number of methoxy groups -OCH3 is 2. The molecule has 10 heteroatoms. The molecule has 0 saturated heterocycles. The number of ether oxygens (including phenoxy) is 2. The summed E-state index contributed by atoms with van der Waals surface area (Å²) in [5.74, 6) is 0.974.